The first kappa shape index (κ1) is 28.8. The van der Waals surface area contributed by atoms with Crippen molar-refractivity contribution < 1.29 is 14.3 Å². The van der Waals surface area contributed by atoms with Crippen LogP contribution in [0, 0.1) is 6.92 Å². The molecule has 0 atom stereocenters. The van der Waals surface area contributed by atoms with Gasteiger partial charge in [-0.05, 0) is 43.0 Å². The molecule has 0 fully saturated rings. The summed E-state index contributed by atoms with van der Waals surface area (Å²) in [7, 11) is 1.63. The lowest BCUT2D eigenvalue weighted by atomic mass is 9.94. The van der Waals surface area contributed by atoms with Gasteiger partial charge in [0.2, 0.25) is 0 Å². The molecule has 0 spiro atoms. The Morgan fingerprint density at radius 1 is 1.12 bits per heavy atom. The molecule has 1 heterocycles. The van der Waals surface area contributed by atoms with Crippen LogP contribution in [-0.2, 0) is 4.74 Å². The number of methoxy groups -OCH3 is 1. The predicted molar refractivity (Wildman–Crippen MR) is 138 cm³/mol. The number of benzene rings is 1. The molecule has 0 aliphatic rings. The zero-order chi connectivity index (χ0) is 24.7. The van der Waals surface area contributed by atoms with Gasteiger partial charge in [-0.1, -0.05) is 77.6 Å². The van der Waals surface area contributed by atoms with Crippen LogP contribution in [0.1, 0.15) is 69.6 Å². The number of rotatable bonds is 8. The largest absolute Gasteiger partial charge is 0.496 e. The van der Waals surface area contributed by atoms with E-state index in [0.717, 1.165) is 28.9 Å². The number of hydrogen-bond acceptors (Lipinski definition) is 4. The fraction of sp³-hybridized carbons (Fsp3) is 0.370. The molecule has 0 saturated heterocycles. The van der Waals surface area contributed by atoms with Crippen LogP contribution in [0.15, 0.2) is 55.3 Å². The van der Waals surface area contributed by atoms with Crippen molar-refractivity contribution in [2.75, 3.05) is 19.6 Å². The van der Waals surface area contributed by atoms with E-state index >= 15 is 0 Å². The zero-order valence-electron chi connectivity index (χ0n) is 21.0. The lowest BCUT2D eigenvalue weighted by molar-refractivity contribution is 0.0516. The van der Waals surface area contributed by atoms with Gasteiger partial charge in [-0.2, -0.15) is 0 Å². The normalized spacial score (nSPS) is 10.2. The van der Waals surface area contributed by atoms with Gasteiger partial charge in [-0.25, -0.2) is 4.79 Å². The lowest BCUT2D eigenvalue weighted by Gasteiger charge is -2.12. The monoisotopic (exact) mass is 440 g/mol. The summed E-state index contributed by atoms with van der Waals surface area (Å²) < 4.78 is 12.0. The average Bonchev–Trinajstić information content (AvgIpc) is 3.16. The minimum atomic E-state index is -0.481. The molecular formula is C27H40N2O3. The van der Waals surface area contributed by atoms with Crippen molar-refractivity contribution in [3.05, 3.63) is 72.1 Å². The van der Waals surface area contributed by atoms with Gasteiger partial charge in [0.05, 0.1) is 13.7 Å². The number of carbonyl (C=O) groups is 1. The van der Waals surface area contributed by atoms with Crippen molar-refractivity contribution in [2.24, 2.45) is 0 Å². The standard InChI is InChI=1S/C23H28N2O3.2C2H6/c1-6-8-9-10-12-16(3)21-19(15-25(24)22(21)23(26)28-7-2)18-13-11-14-20(27-5)17(18)4;2*1-2/h8-15H,3,6-7,24H2,1-2,4-5H3;2*1-2H3/b9-8-,12-10-;;. The second-order valence-electron chi connectivity index (χ2n) is 6.25. The Morgan fingerprint density at radius 3 is 2.34 bits per heavy atom. The number of aromatic nitrogens is 1. The summed E-state index contributed by atoms with van der Waals surface area (Å²) in [5.41, 5.74) is 4.27. The maximum Gasteiger partial charge on any atom is 0.357 e. The molecule has 0 aliphatic heterocycles. The smallest absolute Gasteiger partial charge is 0.357 e. The summed E-state index contributed by atoms with van der Waals surface area (Å²) >= 11 is 0. The Balaban J connectivity index is 0.00000227. The second kappa shape index (κ2) is 15.6. The Morgan fingerprint density at radius 2 is 1.78 bits per heavy atom. The quantitative estimate of drug-likeness (QED) is 0.274. The molecule has 0 bridgehead atoms. The van der Waals surface area contributed by atoms with Crippen molar-refractivity contribution in [3.63, 3.8) is 0 Å². The van der Waals surface area contributed by atoms with Crippen molar-refractivity contribution >= 4 is 11.5 Å². The Bertz CT molecular complexity index is 921. The molecular weight excluding hydrogens is 400 g/mol. The third kappa shape index (κ3) is 7.19. The van der Waals surface area contributed by atoms with Crippen LogP contribution in [0.4, 0.5) is 0 Å². The van der Waals surface area contributed by atoms with Gasteiger partial charge in [0.1, 0.15) is 5.75 Å². The van der Waals surface area contributed by atoms with Gasteiger partial charge in [0, 0.05) is 17.3 Å². The van der Waals surface area contributed by atoms with E-state index in [0.29, 0.717) is 11.1 Å². The highest BCUT2D eigenvalue weighted by atomic mass is 16.5. The van der Waals surface area contributed by atoms with Crippen molar-refractivity contribution in [1.29, 1.82) is 0 Å². The highest BCUT2D eigenvalue weighted by Gasteiger charge is 2.25. The maximum atomic E-state index is 12.6. The third-order valence-corrected chi connectivity index (χ3v) is 4.40. The first-order valence-electron chi connectivity index (χ1n) is 11.3. The molecule has 0 unspecified atom stereocenters. The fourth-order valence-electron chi connectivity index (χ4n) is 3.06. The number of allylic oxidation sites excluding steroid dienone is 5. The van der Waals surface area contributed by atoms with Gasteiger partial charge >= 0.3 is 5.97 Å². The van der Waals surface area contributed by atoms with Crippen LogP contribution in [0.2, 0.25) is 0 Å². The molecule has 1 aromatic heterocycles. The number of nitrogens with two attached hydrogens (primary N) is 1. The summed E-state index contributed by atoms with van der Waals surface area (Å²) in [5.74, 6) is 6.43. The molecule has 2 rings (SSSR count). The van der Waals surface area contributed by atoms with E-state index in [-0.39, 0.29) is 12.3 Å². The van der Waals surface area contributed by atoms with E-state index in [1.165, 1.54) is 4.68 Å². The van der Waals surface area contributed by atoms with Crippen molar-refractivity contribution in [1.82, 2.24) is 4.68 Å². The molecule has 0 amide bonds. The maximum absolute atomic E-state index is 12.6. The molecule has 0 saturated carbocycles. The van der Waals surface area contributed by atoms with Gasteiger partial charge in [0.15, 0.2) is 5.69 Å². The van der Waals surface area contributed by atoms with Gasteiger partial charge < -0.3 is 15.3 Å². The zero-order valence-corrected chi connectivity index (χ0v) is 21.0. The summed E-state index contributed by atoms with van der Waals surface area (Å²) in [6.45, 7) is 18.2. The van der Waals surface area contributed by atoms with Crippen molar-refractivity contribution in [2.45, 2.75) is 54.9 Å². The highest BCUT2D eigenvalue weighted by molar-refractivity contribution is 6.00. The summed E-state index contributed by atoms with van der Waals surface area (Å²) in [6, 6.07) is 5.78. The van der Waals surface area contributed by atoms with Crippen molar-refractivity contribution in [3.8, 4) is 16.9 Å². The summed E-state index contributed by atoms with van der Waals surface area (Å²) in [5, 5.41) is 0. The predicted octanol–water partition coefficient (Wildman–Crippen LogP) is 6.95. The van der Waals surface area contributed by atoms with Crippen LogP contribution in [0.3, 0.4) is 0 Å². The Kier molecular flexibility index (Phi) is 14.0. The topological polar surface area (TPSA) is 66.5 Å². The Labute approximate surface area is 194 Å². The van der Waals surface area contributed by atoms with E-state index in [9.17, 15) is 4.79 Å². The summed E-state index contributed by atoms with van der Waals surface area (Å²) in [6.07, 6.45) is 10.4. The van der Waals surface area contributed by atoms with Crippen LogP contribution < -0.4 is 10.6 Å². The second-order valence-corrected chi connectivity index (χ2v) is 6.25. The number of esters is 1. The molecule has 2 aromatic rings. The summed E-state index contributed by atoms with van der Waals surface area (Å²) in [4.78, 5) is 12.6. The molecule has 32 heavy (non-hydrogen) atoms. The minimum Gasteiger partial charge on any atom is -0.496 e. The molecule has 0 radical (unpaired) electrons. The average molecular weight is 441 g/mol. The van der Waals surface area contributed by atoms with Crippen LogP contribution in [0.5, 0.6) is 5.75 Å². The molecule has 176 valence electrons. The van der Waals surface area contributed by atoms with Gasteiger partial charge in [-0.3, -0.25) is 4.68 Å². The number of nitrogen functional groups attached to an aromatic ring is 1. The third-order valence-electron chi connectivity index (χ3n) is 4.40. The van der Waals surface area contributed by atoms with Crippen LogP contribution >= 0.6 is 0 Å². The molecule has 0 aliphatic carbocycles. The highest BCUT2D eigenvalue weighted by Crippen LogP contribution is 2.37. The molecule has 2 N–H and O–H groups in total. The van der Waals surface area contributed by atoms with E-state index < -0.39 is 5.97 Å². The number of ether oxygens (including phenoxy) is 2. The van der Waals surface area contributed by atoms with E-state index in [1.54, 1.807) is 20.2 Å². The molecule has 5 heteroatoms. The number of hydrogen-bond donors (Lipinski definition) is 1. The van der Waals surface area contributed by atoms with E-state index in [1.807, 2.05) is 77.1 Å². The lowest BCUT2D eigenvalue weighted by Crippen LogP contribution is -2.18. The van der Waals surface area contributed by atoms with Gasteiger partial charge in [-0.15, -0.1) is 0 Å². The number of nitrogens with zero attached hydrogens (tertiary/aromatic N) is 1. The first-order chi connectivity index (χ1) is 15.5. The fourth-order valence-corrected chi connectivity index (χ4v) is 3.06. The van der Waals surface area contributed by atoms with Crippen LogP contribution in [0.25, 0.3) is 16.7 Å². The SMILES string of the molecule is C=C(/C=C\C=C/CC)c1c(-c2cccc(OC)c2C)cn(N)c1C(=O)OCC.CC.CC. The van der Waals surface area contributed by atoms with E-state index in [4.69, 9.17) is 15.3 Å². The van der Waals surface area contributed by atoms with Gasteiger partial charge in [0.25, 0.3) is 0 Å². The minimum absolute atomic E-state index is 0.262. The van der Waals surface area contributed by atoms with Crippen LogP contribution in [-0.4, -0.2) is 24.4 Å². The molecule has 1 aromatic carbocycles. The number of carbonyl (C=O) groups excluding carboxylic acids is 1. The first-order valence-corrected chi connectivity index (χ1v) is 11.3. The van der Waals surface area contributed by atoms with E-state index in [2.05, 4.69) is 13.5 Å². The molecule has 5 nitrogen and oxygen atoms in total. The Hall–Kier alpha value is -3.21.